The highest BCUT2D eigenvalue weighted by Gasteiger charge is 2.39. The van der Waals surface area contributed by atoms with Crippen molar-refractivity contribution in [3.63, 3.8) is 0 Å². The first-order valence-electron chi connectivity index (χ1n) is 17.7. The summed E-state index contributed by atoms with van der Waals surface area (Å²) in [4.78, 5) is 93.5. The van der Waals surface area contributed by atoms with Gasteiger partial charge in [-0.25, -0.2) is 19.2 Å². The maximum Gasteiger partial charge on any atom is 0.407 e. The van der Waals surface area contributed by atoms with Crippen LogP contribution in [0.15, 0.2) is 54.6 Å². The highest BCUT2D eigenvalue weighted by molar-refractivity contribution is 6.02. The maximum absolute atomic E-state index is 13.9. The van der Waals surface area contributed by atoms with Gasteiger partial charge in [-0.15, -0.1) is 0 Å². The van der Waals surface area contributed by atoms with Crippen LogP contribution >= 0.6 is 0 Å². The van der Waals surface area contributed by atoms with Gasteiger partial charge in [0, 0.05) is 6.54 Å². The van der Waals surface area contributed by atoms with E-state index in [4.69, 9.17) is 18.9 Å². The van der Waals surface area contributed by atoms with Crippen molar-refractivity contribution < 1.29 is 83.1 Å². The van der Waals surface area contributed by atoms with E-state index < -0.39 is 136 Å². The third-order valence-electron chi connectivity index (χ3n) is 8.26. The van der Waals surface area contributed by atoms with Crippen molar-refractivity contribution >= 4 is 41.7 Å². The molecule has 0 bridgehead atoms. The van der Waals surface area contributed by atoms with Crippen molar-refractivity contribution in [2.45, 2.75) is 63.4 Å². The van der Waals surface area contributed by atoms with E-state index in [1.807, 2.05) is 0 Å². The second-order valence-electron chi connectivity index (χ2n) is 13.8. The minimum atomic E-state index is -2.01. The number of hydrogen-bond acceptors (Lipinski definition) is 17. The molecule has 0 spiro atoms. The number of ether oxygens (including phenoxy) is 4. The summed E-state index contributed by atoms with van der Waals surface area (Å²) in [6.45, 7) is 2.68. The fraction of sp³-hybridized carbons (Fsp3) is 0.342. The lowest BCUT2D eigenvalue weighted by Crippen LogP contribution is -2.56. The minimum absolute atomic E-state index is 0.0799. The quantitative estimate of drug-likeness (QED) is 0.0588. The molecule has 0 aromatic heterocycles. The molecule has 3 aromatic carbocycles. The Labute approximate surface area is 334 Å². The molecule has 21 heteroatoms. The highest BCUT2D eigenvalue weighted by Crippen LogP contribution is 2.30. The van der Waals surface area contributed by atoms with Gasteiger partial charge >= 0.3 is 24.0 Å². The van der Waals surface area contributed by atoms with Crippen molar-refractivity contribution in [2.75, 3.05) is 19.8 Å². The van der Waals surface area contributed by atoms with Gasteiger partial charge in [-0.1, -0.05) is 18.2 Å². The van der Waals surface area contributed by atoms with Crippen molar-refractivity contribution in [3.05, 3.63) is 71.3 Å². The van der Waals surface area contributed by atoms with Gasteiger partial charge in [-0.05, 0) is 70.0 Å². The standard InChI is InChI=1S/C38H42N4O17/c1-38(2,3)59-37(55)39-15-7-14-26-27(42-33(51)20-10-6-13-25(45)30(20)48)36(54)57-16-21(40-31(49)18-8-4-11-23(43)28(18)46)34(52)56-17-22(35(53)58-26)41-32(50)19-9-5-12-24(44)29(19)47/h4-6,8-13,21-22,26-27,43-48H,7,14-17H2,1-3H3,(H,39,55)(H,40,49)(H,41,50)(H,42,51)/t21-,22-,26-,27-/m0/s1. The Morgan fingerprint density at radius 2 is 1.07 bits per heavy atom. The summed E-state index contributed by atoms with van der Waals surface area (Å²) in [5.41, 5.74) is -2.46. The molecule has 4 rings (SSSR count). The molecule has 10 N–H and O–H groups in total. The summed E-state index contributed by atoms with van der Waals surface area (Å²) in [6.07, 6.45) is -2.98. The SMILES string of the molecule is CC(C)(C)OC(=O)NCCC[C@@H]1OC(=O)[C@@H](NC(=O)c2cccc(O)c2O)COC(=O)[C@@H](NC(=O)c2cccc(O)c2O)COC(=O)[C@H]1NC(=O)c1cccc(O)c1O. The van der Waals surface area contributed by atoms with Crippen LogP contribution in [0.3, 0.4) is 0 Å². The summed E-state index contributed by atoms with van der Waals surface area (Å²) in [7, 11) is 0. The molecule has 1 fully saturated rings. The molecule has 21 nitrogen and oxygen atoms in total. The topological polar surface area (TPSA) is 326 Å². The first kappa shape index (κ1) is 44.3. The molecule has 0 saturated carbocycles. The van der Waals surface area contributed by atoms with E-state index in [1.54, 1.807) is 20.8 Å². The molecule has 4 amide bonds. The Morgan fingerprint density at radius 1 is 0.644 bits per heavy atom. The van der Waals surface area contributed by atoms with Gasteiger partial charge in [0.05, 0.1) is 16.7 Å². The highest BCUT2D eigenvalue weighted by atomic mass is 16.6. The van der Waals surface area contributed by atoms with E-state index in [-0.39, 0.29) is 19.4 Å². The van der Waals surface area contributed by atoms with E-state index >= 15 is 0 Å². The van der Waals surface area contributed by atoms with Gasteiger partial charge in [0.25, 0.3) is 17.7 Å². The number of carbonyl (C=O) groups excluding carboxylic acids is 7. The zero-order valence-electron chi connectivity index (χ0n) is 31.7. The fourth-order valence-electron chi connectivity index (χ4n) is 5.33. The molecule has 0 unspecified atom stereocenters. The van der Waals surface area contributed by atoms with Crippen LogP contribution in [0.1, 0.15) is 64.7 Å². The smallest absolute Gasteiger partial charge is 0.407 e. The third-order valence-corrected chi connectivity index (χ3v) is 8.26. The van der Waals surface area contributed by atoms with Gasteiger partial charge in [0.2, 0.25) is 0 Å². The first-order valence-corrected chi connectivity index (χ1v) is 17.7. The number of phenolic OH excluding ortho intramolecular Hbond substituents is 6. The maximum atomic E-state index is 13.9. The van der Waals surface area contributed by atoms with Crippen molar-refractivity contribution in [3.8, 4) is 34.5 Å². The Bertz CT molecular complexity index is 2100. The summed E-state index contributed by atoms with van der Waals surface area (Å²) in [5, 5.41) is 69.9. The monoisotopic (exact) mass is 826 g/mol. The lowest BCUT2D eigenvalue weighted by Gasteiger charge is -2.30. The number of amides is 4. The normalized spacial score (nSPS) is 18.7. The Hall–Kier alpha value is -7.45. The summed E-state index contributed by atoms with van der Waals surface area (Å²) in [5.74, 6) is -12.4. The zero-order chi connectivity index (χ0) is 43.6. The van der Waals surface area contributed by atoms with E-state index in [0.29, 0.717) is 0 Å². The fourth-order valence-corrected chi connectivity index (χ4v) is 5.33. The minimum Gasteiger partial charge on any atom is -0.504 e. The number of benzene rings is 3. The van der Waals surface area contributed by atoms with Crippen LogP contribution in [-0.4, -0.2) is 122 Å². The second-order valence-corrected chi connectivity index (χ2v) is 13.8. The Balaban J connectivity index is 1.74. The first-order chi connectivity index (χ1) is 27.8. The number of cyclic esters (lactones) is 3. The Kier molecular flexibility index (Phi) is 14.4. The number of phenols is 6. The molecule has 4 atom stereocenters. The zero-order valence-corrected chi connectivity index (χ0v) is 31.7. The Morgan fingerprint density at radius 3 is 1.53 bits per heavy atom. The van der Waals surface area contributed by atoms with Gasteiger partial charge in [-0.3, -0.25) is 14.4 Å². The van der Waals surface area contributed by atoms with Gasteiger partial charge in [0.15, 0.2) is 52.6 Å². The van der Waals surface area contributed by atoms with Gasteiger partial charge in [0.1, 0.15) is 24.9 Å². The van der Waals surface area contributed by atoms with Gasteiger partial charge in [-0.2, -0.15) is 0 Å². The van der Waals surface area contributed by atoms with Crippen LogP contribution in [-0.2, 0) is 33.3 Å². The number of para-hydroxylation sites is 3. The molecular weight excluding hydrogens is 784 g/mol. The third kappa shape index (κ3) is 11.8. The van der Waals surface area contributed by atoms with Crippen molar-refractivity contribution in [1.29, 1.82) is 0 Å². The summed E-state index contributed by atoms with van der Waals surface area (Å²) >= 11 is 0. The molecule has 1 aliphatic rings. The van der Waals surface area contributed by atoms with E-state index in [2.05, 4.69) is 21.3 Å². The number of alkyl carbamates (subject to hydrolysis) is 1. The van der Waals surface area contributed by atoms with Crippen LogP contribution < -0.4 is 21.3 Å². The molecule has 316 valence electrons. The van der Waals surface area contributed by atoms with Crippen LogP contribution in [0.2, 0.25) is 0 Å². The molecule has 1 heterocycles. The number of carbonyl (C=O) groups is 7. The summed E-state index contributed by atoms with van der Waals surface area (Å²) in [6, 6.07) is 4.16. The summed E-state index contributed by atoms with van der Waals surface area (Å²) < 4.78 is 21.4. The van der Waals surface area contributed by atoms with Crippen molar-refractivity contribution in [2.24, 2.45) is 0 Å². The van der Waals surface area contributed by atoms with Crippen LogP contribution in [0.4, 0.5) is 4.79 Å². The van der Waals surface area contributed by atoms with E-state index in [0.717, 1.165) is 36.4 Å². The number of rotatable bonds is 10. The number of esters is 3. The van der Waals surface area contributed by atoms with Crippen LogP contribution in [0, 0.1) is 0 Å². The molecule has 0 radical (unpaired) electrons. The lowest BCUT2D eigenvalue weighted by atomic mass is 10.0. The largest absolute Gasteiger partial charge is 0.504 e. The van der Waals surface area contributed by atoms with Crippen LogP contribution in [0.5, 0.6) is 34.5 Å². The molecule has 59 heavy (non-hydrogen) atoms. The molecular formula is C38H42N4O17. The predicted molar refractivity (Wildman–Crippen MR) is 198 cm³/mol. The second kappa shape index (κ2) is 19.1. The molecule has 3 aromatic rings. The molecule has 1 aliphatic heterocycles. The van der Waals surface area contributed by atoms with E-state index in [1.165, 1.54) is 18.2 Å². The van der Waals surface area contributed by atoms with Crippen molar-refractivity contribution in [1.82, 2.24) is 21.3 Å². The average Bonchev–Trinajstić information content (AvgIpc) is 3.16. The lowest BCUT2D eigenvalue weighted by molar-refractivity contribution is -0.166. The molecule has 1 saturated heterocycles. The number of nitrogens with one attached hydrogen (secondary N) is 4. The number of aromatic hydroxyl groups is 6. The predicted octanol–water partition coefficient (Wildman–Crippen LogP) is 0.932. The van der Waals surface area contributed by atoms with Crippen LogP contribution in [0.25, 0.3) is 0 Å². The molecule has 0 aliphatic carbocycles. The van der Waals surface area contributed by atoms with E-state index in [9.17, 15) is 64.2 Å². The average molecular weight is 827 g/mol. The number of hydrogen-bond donors (Lipinski definition) is 10. The van der Waals surface area contributed by atoms with Gasteiger partial charge < -0.3 is 70.9 Å².